The number of benzene rings is 1. The minimum atomic E-state index is 1.07. The average Bonchev–Trinajstić information content (AvgIpc) is 2.33. The lowest BCUT2D eigenvalue weighted by atomic mass is 9.88. The Bertz CT molecular complexity index is 495. The van der Waals surface area contributed by atoms with E-state index in [1.54, 1.807) is 6.20 Å². The second-order valence-electron chi connectivity index (χ2n) is 4.25. The Morgan fingerprint density at radius 2 is 1.88 bits per heavy atom. The molecule has 1 aliphatic heterocycles. The highest BCUT2D eigenvalue weighted by molar-refractivity contribution is 5.76. The van der Waals surface area contributed by atoms with Crippen LogP contribution in [0.5, 0.6) is 0 Å². The van der Waals surface area contributed by atoms with Gasteiger partial charge in [0, 0.05) is 0 Å². The summed E-state index contributed by atoms with van der Waals surface area (Å²) in [5, 5.41) is 8.42. The summed E-state index contributed by atoms with van der Waals surface area (Å²) in [7, 11) is 0. The number of azo groups is 1. The smallest absolute Gasteiger partial charge is 0.0668 e. The van der Waals surface area contributed by atoms with Crippen LogP contribution >= 0.6 is 0 Å². The molecule has 1 aromatic carbocycles. The van der Waals surface area contributed by atoms with E-state index in [4.69, 9.17) is 0 Å². The van der Waals surface area contributed by atoms with E-state index in [1.165, 1.54) is 35.2 Å². The highest BCUT2D eigenvalue weighted by Gasteiger charge is 2.16. The Hall–Kier alpha value is -1.70. The largest absolute Gasteiger partial charge is 0.159 e. The van der Waals surface area contributed by atoms with Crippen LogP contribution in [0.4, 0.5) is 0 Å². The van der Waals surface area contributed by atoms with Crippen molar-refractivity contribution in [3.05, 3.63) is 47.3 Å². The van der Waals surface area contributed by atoms with Crippen molar-refractivity contribution in [1.29, 1.82) is 0 Å². The molecule has 0 N–H and O–H groups in total. The Kier molecular flexibility index (Phi) is 2.41. The molecule has 2 nitrogen and oxygen atoms in total. The molecule has 0 saturated heterocycles. The fourth-order valence-corrected chi connectivity index (χ4v) is 2.42. The molecule has 1 aliphatic carbocycles. The lowest BCUT2D eigenvalue weighted by Crippen LogP contribution is -2.00. The molecule has 0 radical (unpaired) electrons. The topological polar surface area (TPSA) is 24.7 Å². The molecule has 2 heteroatoms. The fourth-order valence-electron chi connectivity index (χ4n) is 2.42. The molecule has 0 fully saturated rings. The van der Waals surface area contributed by atoms with Gasteiger partial charge in [-0.3, -0.25) is 0 Å². The maximum Gasteiger partial charge on any atom is 0.0668 e. The molecule has 16 heavy (non-hydrogen) atoms. The van der Waals surface area contributed by atoms with Gasteiger partial charge in [-0.2, -0.15) is 10.2 Å². The van der Waals surface area contributed by atoms with Gasteiger partial charge in [0.2, 0.25) is 0 Å². The zero-order chi connectivity index (χ0) is 10.8. The third-order valence-electron chi connectivity index (χ3n) is 3.22. The molecule has 3 rings (SSSR count). The summed E-state index contributed by atoms with van der Waals surface area (Å²) in [5.41, 5.74) is 5.18. The highest BCUT2D eigenvalue weighted by atomic mass is 15.1. The zero-order valence-electron chi connectivity index (χ0n) is 9.19. The third kappa shape index (κ3) is 1.60. The van der Waals surface area contributed by atoms with Crippen LogP contribution in [0.15, 0.2) is 46.4 Å². The molecule has 0 atom stereocenters. The number of rotatable bonds is 0. The first kappa shape index (κ1) is 9.52. The third-order valence-corrected chi connectivity index (χ3v) is 3.22. The summed E-state index contributed by atoms with van der Waals surface area (Å²) in [6.07, 6.45) is 8.55. The number of fused-ring (bicyclic) bond motifs is 2. The van der Waals surface area contributed by atoms with Gasteiger partial charge >= 0.3 is 0 Å². The molecule has 2 aliphatic rings. The molecule has 0 aromatic heterocycles. The van der Waals surface area contributed by atoms with Crippen LogP contribution in [0.2, 0.25) is 0 Å². The maximum absolute atomic E-state index is 4.32. The SMILES string of the molecule is C1=C\c2ccccc2C2=C(CCCC2)N=N/1. The normalized spacial score (nSPS) is 20.8. The minimum absolute atomic E-state index is 1.07. The second-order valence-corrected chi connectivity index (χ2v) is 4.25. The minimum Gasteiger partial charge on any atom is -0.159 e. The van der Waals surface area contributed by atoms with Gasteiger partial charge in [0.15, 0.2) is 0 Å². The van der Waals surface area contributed by atoms with E-state index >= 15 is 0 Å². The van der Waals surface area contributed by atoms with Crippen LogP contribution in [0, 0.1) is 0 Å². The molecule has 0 amide bonds. The van der Waals surface area contributed by atoms with E-state index in [-0.39, 0.29) is 0 Å². The van der Waals surface area contributed by atoms with Crippen LogP contribution in [0.3, 0.4) is 0 Å². The lowest BCUT2D eigenvalue weighted by Gasteiger charge is -2.19. The first-order valence-electron chi connectivity index (χ1n) is 5.84. The van der Waals surface area contributed by atoms with Gasteiger partial charge in [0.1, 0.15) is 0 Å². The van der Waals surface area contributed by atoms with Gasteiger partial charge in [0.25, 0.3) is 0 Å². The summed E-state index contributed by atoms with van der Waals surface area (Å²) in [6.45, 7) is 0. The monoisotopic (exact) mass is 210 g/mol. The van der Waals surface area contributed by atoms with Crippen molar-refractivity contribution in [3.63, 3.8) is 0 Å². The van der Waals surface area contributed by atoms with Gasteiger partial charge < -0.3 is 0 Å². The predicted octanol–water partition coefficient (Wildman–Crippen LogP) is 4.41. The van der Waals surface area contributed by atoms with Gasteiger partial charge in [-0.25, -0.2) is 0 Å². The lowest BCUT2D eigenvalue weighted by molar-refractivity contribution is 0.701. The fraction of sp³-hybridized carbons (Fsp3) is 0.286. The van der Waals surface area contributed by atoms with Crippen molar-refractivity contribution in [2.24, 2.45) is 10.2 Å². The molecule has 80 valence electrons. The van der Waals surface area contributed by atoms with E-state index in [0.717, 1.165) is 12.8 Å². The summed E-state index contributed by atoms with van der Waals surface area (Å²) in [6, 6.07) is 8.52. The van der Waals surface area contributed by atoms with E-state index in [2.05, 4.69) is 34.5 Å². The molecule has 0 unspecified atom stereocenters. The summed E-state index contributed by atoms with van der Waals surface area (Å²) >= 11 is 0. The second kappa shape index (κ2) is 4.05. The number of nitrogens with zero attached hydrogens (tertiary/aromatic N) is 2. The van der Waals surface area contributed by atoms with Crippen molar-refractivity contribution in [3.8, 4) is 0 Å². The molecule has 0 bridgehead atoms. The quantitative estimate of drug-likeness (QED) is 0.606. The van der Waals surface area contributed by atoms with Crippen LogP contribution in [0.25, 0.3) is 11.6 Å². The molecule has 0 saturated carbocycles. The van der Waals surface area contributed by atoms with E-state index in [9.17, 15) is 0 Å². The van der Waals surface area contributed by atoms with Crippen molar-refractivity contribution in [1.82, 2.24) is 0 Å². The maximum atomic E-state index is 4.32. The Morgan fingerprint density at radius 1 is 1.00 bits per heavy atom. The Labute approximate surface area is 95.4 Å². The van der Waals surface area contributed by atoms with Gasteiger partial charge in [-0.15, -0.1) is 0 Å². The first-order valence-corrected chi connectivity index (χ1v) is 5.84. The van der Waals surface area contributed by atoms with Crippen LogP contribution in [-0.4, -0.2) is 0 Å². The highest BCUT2D eigenvalue weighted by Crippen LogP contribution is 2.35. The number of hydrogen-bond donors (Lipinski definition) is 0. The van der Waals surface area contributed by atoms with Gasteiger partial charge in [0.05, 0.1) is 11.9 Å². The standard InChI is InChI=1S/C14H14N2/c1-2-6-12-11(5-1)9-10-15-16-14-8-4-3-7-13(12)14/h1-2,5-6,9-10H,3-4,7-8H2/b10-9-,11-9?,13-12?,15-10?,16-14?,16-15?. The van der Waals surface area contributed by atoms with Crippen molar-refractivity contribution in [2.75, 3.05) is 0 Å². The molecule has 0 spiro atoms. The molecule has 1 aromatic rings. The molecular weight excluding hydrogens is 196 g/mol. The number of hydrogen-bond acceptors (Lipinski definition) is 2. The van der Waals surface area contributed by atoms with E-state index in [1.807, 2.05) is 6.08 Å². The van der Waals surface area contributed by atoms with Crippen LogP contribution in [-0.2, 0) is 0 Å². The van der Waals surface area contributed by atoms with E-state index in [0.29, 0.717) is 0 Å². The Morgan fingerprint density at radius 3 is 2.88 bits per heavy atom. The van der Waals surface area contributed by atoms with Crippen LogP contribution in [0.1, 0.15) is 36.8 Å². The number of allylic oxidation sites excluding steroid dienone is 2. The summed E-state index contributed by atoms with van der Waals surface area (Å²) in [4.78, 5) is 0. The van der Waals surface area contributed by atoms with Crippen LogP contribution < -0.4 is 0 Å². The average molecular weight is 210 g/mol. The zero-order valence-corrected chi connectivity index (χ0v) is 9.19. The van der Waals surface area contributed by atoms with Crippen molar-refractivity contribution in [2.45, 2.75) is 25.7 Å². The van der Waals surface area contributed by atoms with E-state index < -0.39 is 0 Å². The molecule has 1 heterocycles. The van der Waals surface area contributed by atoms with Crippen molar-refractivity contribution < 1.29 is 0 Å². The summed E-state index contributed by atoms with van der Waals surface area (Å²) in [5.74, 6) is 0. The van der Waals surface area contributed by atoms with Gasteiger partial charge in [-0.05, 0) is 48.5 Å². The van der Waals surface area contributed by atoms with Crippen molar-refractivity contribution >= 4 is 11.6 Å². The Balaban J connectivity index is 2.21. The predicted molar refractivity (Wildman–Crippen MR) is 65.7 cm³/mol. The molecular formula is C14H14N2. The van der Waals surface area contributed by atoms with Gasteiger partial charge in [-0.1, -0.05) is 24.3 Å². The summed E-state index contributed by atoms with van der Waals surface area (Å²) < 4.78 is 0. The first-order chi connectivity index (χ1) is 7.95.